The highest BCUT2D eigenvalue weighted by Gasteiger charge is 2.13. The van der Waals surface area contributed by atoms with Crippen molar-refractivity contribution >= 4 is 29.3 Å². The van der Waals surface area contributed by atoms with E-state index in [1.807, 2.05) is 68.4 Å². The summed E-state index contributed by atoms with van der Waals surface area (Å²) in [5.41, 5.74) is 4.28. The molecule has 3 rings (SSSR count). The Balaban J connectivity index is 1.81. The molecule has 0 unspecified atom stereocenters. The lowest BCUT2D eigenvalue weighted by Crippen LogP contribution is -2.14. The minimum Gasteiger partial charge on any atom is -0.488 e. The number of hydrogen-bond acceptors (Lipinski definition) is 3. The average Bonchev–Trinajstić information content (AvgIpc) is 2.74. The Labute approximate surface area is 181 Å². The molecule has 0 saturated heterocycles. The van der Waals surface area contributed by atoms with Gasteiger partial charge in [-0.05, 0) is 60.9 Å². The monoisotopic (exact) mass is 416 g/mol. The lowest BCUT2D eigenvalue weighted by Gasteiger charge is -2.11. The Morgan fingerprint density at radius 1 is 1.10 bits per heavy atom. The first-order valence-electron chi connectivity index (χ1n) is 9.43. The third-order valence-electron chi connectivity index (χ3n) is 4.72. The van der Waals surface area contributed by atoms with Crippen LogP contribution in [0.15, 0.2) is 72.3 Å². The van der Waals surface area contributed by atoms with Crippen LogP contribution in [0.2, 0.25) is 5.02 Å². The summed E-state index contributed by atoms with van der Waals surface area (Å²) < 4.78 is 5.91. The third-order valence-corrected chi connectivity index (χ3v) is 4.96. The highest BCUT2D eigenvalue weighted by molar-refractivity contribution is 6.30. The van der Waals surface area contributed by atoms with Gasteiger partial charge < -0.3 is 10.1 Å². The fourth-order valence-electron chi connectivity index (χ4n) is 2.90. The summed E-state index contributed by atoms with van der Waals surface area (Å²) in [4.78, 5) is 12.7. The van der Waals surface area contributed by atoms with Gasteiger partial charge in [-0.1, -0.05) is 54.1 Å². The van der Waals surface area contributed by atoms with E-state index in [1.165, 1.54) is 6.08 Å². The van der Waals surface area contributed by atoms with E-state index in [2.05, 4.69) is 5.32 Å². The number of ether oxygens (including phenoxy) is 1. The van der Waals surface area contributed by atoms with Crippen LogP contribution in [0.25, 0.3) is 6.08 Å². The van der Waals surface area contributed by atoms with Gasteiger partial charge in [-0.3, -0.25) is 4.79 Å². The molecular weight excluding hydrogens is 396 g/mol. The molecular formula is C25H21ClN2O2. The lowest BCUT2D eigenvalue weighted by molar-refractivity contribution is -0.112. The first-order chi connectivity index (χ1) is 14.5. The molecule has 1 amide bonds. The van der Waals surface area contributed by atoms with Gasteiger partial charge in [-0.2, -0.15) is 5.26 Å². The number of nitriles is 1. The number of rotatable bonds is 6. The van der Waals surface area contributed by atoms with Crippen LogP contribution in [0.5, 0.6) is 5.75 Å². The maximum absolute atomic E-state index is 12.7. The number of aryl methyl sites for hydroxylation is 1. The molecule has 3 aromatic rings. The second-order valence-electron chi connectivity index (χ2n) is 6.83. The molecule has 0 fully saturated rings. The Hall–Kier alpha value is -3.55. The van der Waals surface area contributed by atoms with Crippen molar-refractivity contribution < 1.29 is 9.53 Å². The Morgan fingerprint density at radius 2 is 1.87 bits per heavy atom. The van der Waals surface area contributed by atoms with Crippen LogP contribution < -0.4 is 10.1 Å². The smallest absolute Gasteiger partial charge is 0.266 e. The predicted octanol–water partition coefficient (Wildman–Crippen LogP) is 6.08. The fraction of sp³-hybridized carbons (Fsp3) is 0.120. The van der Waals surface area contributed by atoms with E-state index in [1.54, 1.807) is 18.2 Å². The zero-order chi connectivity index (χ0) is 21.5. The van der Waals surface area contributed by atoms with Crippen LogP contribution in [0.3, 0.4) is 0 Å². The molecule has 0 aliphatic rings. The topological polar surface area (TPSA) is 62.1 Å². The lowest BCUT2D eigenvalue weighted by atomic mass is 10.1. The van der Waals surface area contributed by atoms with Gasteiger partial charge in [-0.25, -0.2) is 0 Å². The predicted molar refractivity (Wildman–Crippen MR) is 120 cm³/mol. The molecule has 1 N–H and O–H groups in total. The van der Waals surface area contributed by atoms with Crippen LogP contribution in [0, 0.1) is 25.2 Å². The molecule has 0 saturated carbocycles. The molecule has 30 heavy (non-hydrogen) atoms. The second-order valence-corrected chi connectivity index (χ2v) is 7.26. The molecule has 0 atom stereocenters. The molecule has 150 valence electrons. The van der Waals surface area contributed by atoms with Gasteiger partial charge in [0.05, 0.1) is 0 Å². The van der Waals surface area contributed by atoms with Gasteiger partial charge in [0.1, 0.15) is 24.0 Å². The van der Waals surface area contributed by atoms with Gasteiger partial charge in [-0.15, -0.1) is 0 Å². The number of carbonyl (C=O) groups is 1. The van der Waals surface area contributed by atoms with Crippen molar-refractivity contribution in [3.05, 3.63) is 99.6 Å². The zero-order valence-corrected chi connectivity index (χ0v) is 17.5. The van der Waals surface area contributed by atoms with E-state index in [0.717, 1.165) is 16.7 Å². The van der Waals surface area contributed by atoms with Crippen molar-refractivity contribution in [2.45, 2.75) is 20.5 Å². The highest BCUT2D eigenvalue weighted by atomic mass is 35.5. The Morgan fingerprint density at radius 3 is 2.63 bits per heavy atom. The second kappa shape index (κ2) is 9.78. The Kier molecular flexibility index (Phi) is 6.90. The first kappa shape index (κ1) is 21.2. The normalized spacial score (nSPS) is 10.9. The van der Waals surface area contributed by atoms with E-state index in [4.69, 9.17) is 16.3 Å². The summed E-state index contributed by atoms with van der Waals surface area (Å²) in [6, 6.07) is 22.3. The number of nitrogens with zero attached hydrogens (tertiary/aromatic N) is 1. The van der Waals surface area contributed by atoms with Crippen molar-refractivity contribution in [1.82, 2.24) is 0 Å². The number of halogens is 1. The van der Waals surface area contributed by atoms with Gasteiger partial charge >= 0.3 is 0 Å². The summed E-state index contributed by atoms with van der Waals surface area (Å²) >= 11 is 6.02. The standard InChI is InChI=1S/C25H21ClN2O2/c1-17-7-5-11-23(18(17)2)28-25(29)21(15-27)14-20-9-3-4-12-24(20)30-16-19-8-6-10-22(26)13-19/h3-14H,16H2,1-2H3,(H,28,29)/b21-14+. The average molecular weight is 417 g/mol. The molecule has 0 radical (unpaired) electrons. The van der Waals surface area contributed by atoms with Crippen molar-refractivity contribution in [3.8, 4) is 11.8 Å². The van der Waals surface area contributed by atoms with Crippen LogP contribution in [0.4, 0.5) is 5.69 Å². The summed E-state index contributed by atoms with van der Waals surface area (Å²) in [7, 11) is 0. The van der Waals surface area contributed by atoms with E-state index in [0.29, 0.717) is 28.6 Å². The maximum Gasteiger partial charge on any atom is 0.266 e. The van der Waals surface area contributed by atoms with Crippen LogP contribution in [0.1, 0.15) is 22.3 Å². The summed E-state index contributed by atoms with van der Waals surface area (Å²) in [6.07, 6.45) is 1.54. The van der Waals surface area contributed by atoms with Crippen molar-refractivity contribution in [2.24, 2.45) is 0 Å². The number of nitrogens with one attached hydrogen (secondary N) is 1. The minimum atomic E-state index is -0.462. The summed E-state index contributed by atoms with van der Waals surface area (Å²) in [5.74, 6) is 0.112. The van der Waals surface area contributed by atoms with Gasteiger partial charge in [0.15, 0.2) is 0 Å². The molecule has 4 nitrogen and oxygen atoms in total. The Bertz CT molecular complexity index is 1150. The number of benzene rings is 3. The van der Waals surface area contributed by atoms with Crippen LogP contribution in [-0.2, 0) is 11.4 Å². The van der Waals surface area contributed by atoms with Gasteiger partial charge in [0.25, 0.3) is 5.91 Å². The van der Waals surface area contributed by atoms with Crippen LogP contribution >= 0.6 is 11.6 Å². The molecule has 5 heteroatoms. The molecule has 3 aromatic carbocycles. The van der Waals surface area contributed by atoms with Crippen LogP contribution in [-0.4, -0.2) is 5.91 Å². The van der Waals surface area contributed by atoms with Crippen molar-refractivity contribution in [3.63, 3.8) is 0 Å². The molecule has 0 spiro atoms. The van der Waals surface area contributed by atoms with E-state index in [-0.39, 0.29) is 5.57 Å². The number of anilines is 1. The van der Waals surface area contributed by atoms with Crippen molar-refractivity contribution in [1.29, 1.82) is 5.26 Å². The van der Waals surface area contributed by atoms with E-state index < -0.39 is 5.91 Å². The number of carbonyl (C=O) groups excluding carboxylic acids is 1. The first-order valence-corrected chi connectivity index (χ1v) is 9.81. The van der Waals surface area contributed by atoms with Gasteiger partial charge in [0, 0.05) is 16.3 Å². The third kappa shape index (κ3) is 5.28. The van der Waals surface area contributed by atoms with E-state index in [9.17, 15) is 10.1 Å². The SMILES string of the molecule is Cc1cccc(NC(=O)/C(C#N)=C/c2ccccc2OCc2cccc(Cl)c2)c1C. The molecule has 0 heterocycles. The molecule has 0 aliphatic carbocycles. The minimum absolute atomic E-state index is 0.00490. The number of para-hydroxylation sites is 1. The quantitative estimate of drug-likeness (QED) is 0.391. The molecule has 0 aromatic heterocycles. The summed E-state index contributed by atoms with van der Waals surface area (Å²) in [5, 5.41) is 13.0. The highest BCUT2D eigenvalue weighted by Crippen LogP contribution is 2.24. The fourth-order valence-corrected chi connectivity index (χ4v) is 3.11. The number of hydrogen-bond donors (Lipinski definition) is 1. The van der Waals surface area contributed by atoms with Crippen molar-refractivity contribution in [2.75, 3.05) is 5.32 Å². The maximum atomic E-state index is 12.7. The summed E-state index contributed by atoms with van der Waals surface area (Å²) in [6.45, 7) is 4.22. The van der Waals surface area contributed by atoms with E-state index >= 15 is 0 Å². The molecule has 0 aliphatic heterocycles. The largest absolute Gasteiger partial charge is 0.488 e. The van der Waals surface area contributed by atoms with Gasteiger partial charge in [0.2, 0.25) is 0 Å². The molecule has 0 bridgehead atoms. The number of amides is 1. The zero-order valence-electron chi connectivity index (χ0n) is 16.8.